The van der Waals surface area contributed by atoms with Gasteiger partial charge in [-0.05, 0) is 61.7 Å². The minimum Gasteiger partial charge on any atom is -0.457 e. The normalized spacial score (nSPS) is 12.3. The number of hydrogen-bond acceptors (Lipinski definition) is 2. The van der Waals surface area contributed by atoms with Crippen molar-refractivity contribution < 1.29 is 9.84 Å². The predicted molar refractivity (Wildman–Crippen MR) is 85.8 cm³/mol. The van der Waals surface area contributed by atoms with Crippen molar-refractivity contribution in [3.05, 3.63) is 56.5 Å². The van der Waals surface area contributed by atoms with E-state index in [0.717, 1.165) is 21.3 Å². The van der Waals surface area contributed by atoms with Crippen LogP contribution >= 0.6 is 27.5 Å². The number of rotatable bonds is 3. The highest BCUT2D eigenvalue weighted by molar-refractivity contribution is 9.10. The number of benzene rings is 2. The summed E-state index contributed by atoms with van der Waals surface area (Å²) in [5.74, 6) is 1.42. The van der Waals surface area contributed by atoms with Gasteiger partial charge in [0.05, 0.1) is 11.1 Å². The standard InChI is InChI=1S/C16H16BrClO2/c1-9-6-13(7-10(2)16(9)17)20-12-4-5-14(11(3)19)15(18)8-12/h4-8,11,19H,1-3H3. The SMILES string of the molecule is Cc1cc(Oc2ccc(C(C)O)c(Cl)c2)cc(C)c1Br. The second-order valence-corrected chi connectivity index (χ2v) is 6.03. The van der Waals surface area contributed by atoms with Gasteiger partial charge in [0.2, 0.25) is 0 Å². The zero-order chi connectivity index (χ0) is 14.9. The lowest BCUT2D eigenvalue weighted by molar-refractivity contribution is 0.199. The van der Waals surface area contributed by atoms with E-state index in [2.05, 4.69) is 15.9 Å². The Bertz CT molecular complexity index is 615. The second kappa shape index (κ2) is 6.17. The molecular formula is C16H16BrClO2. The minimum absolute atomic E-state index is 0.503. The first-order valence-electron chi connectivity index (χ1n) is 6.30. The summed E-state index contributed by atoms with van der Waals surface area (Å²) in [6.45, 7) is 5.73. The monoisotopic (exact) mass is 354 g/mol. The van der Waals surface area contributed by atoms with Gasteiger partial charge in [0.15, 0.2) is 0 Å². The van der Waals surface area contributed by atoms with E-state index in [-0.39, 0.29) is 0 Å². The van der Waals surface area contributed by atoms with Gasteiger partial charge in [-0.15, -0.1) is 0 Å². The van der Waals surface area contributed by atoms with Crippen molar-refractivity contribution in [3.63, 3.8) is 0 Å². The van der Waals surface area contributed by atoms with Crippen molar-refractivity contribution in [1.82, 2.24) is 0 Å². The molecule has 0 heterocycles. The number of aliphatic hydroxyl groups excluding tert-OH is 1. The van der Waals surface area contributed by atoms with Crippen LogP contribution in [0.3, 0.4) is 0 Å². The molecule has 1 N–H and O–H groups in total. The van der Waals surface area contributed by atoms with E-state index in [0.29, 0.717) is 16.3 Å². The average molecular weight is 356 g/mol. The van der Waals surface area contributed by atoms with E-state index in [1.165, 1.54) is 0 Å². The molecule has 4 heteroatoms. The third-order valence-electron chi connectivity index (χ3n) is 3.07. The van der Waals surface area contributed by atoms with E-state index in [1.54, 1.807) is 25.1 Å². The van der Waals surface area contributed by atoms with Gasteiger partial charge < -0.3 is 9.84 Å². The van der Waals surface area contributed by atoms with Crippen LogP contribution in [0.15, 0.2) is 34.8 Å². The molecule has 0 bridgehead atoms. The Morgan fingerprint density at radius 1 is 1.10 bits per heavy atom. The van der Waals surface area contributed by atoms with Gasteiger partial charge in [0.1, 0.15) is 11.5 Å². The maximum Gasteiger partial charge on any atom is 0.128 e. The summed E-state index contributed by atoms with van der Waals surface area (Å²) in [4.78, 5) is 0. The van der Waals surface area contributed by atoms with Gasteiger partial charge in [-0.3, -0.25) is 0 Å². The molecule has 2 nitrogen and oxygen atoms in total. The molecule has 0 radical (unpaired) electrons. The Balaban J connectivity index is 2.29. The van der Waals surface area contributed by atoms with E-state index in [1.807, 2.05) is 26.0 Å². The van der Waals surface area contributed by atoms with Crippen molar-refractivity contribution in [1.29, 1.82) is 0 Å². The van der Waals surface area contributed by atoms with Crippen molar-refractivity contribution in [2.75, 3.05) is 0 Å². The molecule has 0 aliphatic rings. The Morgan fingerprint density at radius 2 is 1.70 bits per heavy atom. The molecule has 0 saturated heterocycles. The fourth-order valence-electron chi connectivity index (χ4n) is 2.01. The van der Waals surface area contributed by atoms with E-state index < -0.39 is 6.10 Å². The third-order valence-corrected chi connectivity index (χ3v) is 4.65. The van der Waals surface area contributed by atoms with E-state index in [4.69, 9.17) is 16.3 Å². The Morgan fingerprint density at radius 3 is 2.20 bits per heavy atom. The summed E-state index contributed by atoms with van der Waals surface area (Å²) in [6.07, 6.45) is -0.589. The molecular weight excluding hydrogens is 340 g/mol. The molecule has 106 valence electrons. The minimum atomic E-state index is -0.589. The number of hydrogen-bond donors (Lipinski definition) is 1. The zero-order valence-electron chi connectivity index (χ0n) is 11.6. The lowest BCUT2D eigenvalue weighted by Gasteiger charge is -2.12. The van der Waals surface area contributed by atoms with Crippen LogP contribution in [0.4, 0.5) is 0 Å². The summed E-state index contributed by atoms with van der Waals surface area (Å²) >= 11 is 9.66. The van der Waals surface area contributed by atoms with Crippen LogP contribution in [0.1, 0.15) is 29.7 Å². The van der Waals surface area contributed by atoms with Gasteiger partial charge in [-0.1, -0.05) is 33.6 Å². The largest absolute Gasteiger partial charge is 0.457 e. The predicted octanol–water partition coefficient (Wildman–Crippen LogP) is 5.56. The molecule has 0 aromatic heterocycles. The molecule has 0 fully saturated rings. The zero-order valence-corrected chi connectivity index (χ0v) is 13.9. The summed E-state index contributed by atoms with van der Waals surface area (Å²) in [7, 11) is 0. The molecule has 0 aliphatic heterocycles. The Kier molecular flexibility index (Phi) is 4.74. The maximum atomic E-state index is 9.56. The van der Waals surface area contributed by atoms with Gasteiger partial charge >= 0.3 is 0 Å². The Hall–Kier alpha value is -1.03. The van der Waals surface area contributed by atoms with E-state index in [9.17, 15) is 5.11 Å². The molecule has 2 aromatic carbocycles. The van der Waals surface area contributed by atoms with Crippen LogP contribution in [0.5, 0.6) is 11.5 Å². The van der Waals surface area contributed by atoms with Crippen LogP contribution in [-0.4, -0.2) is 5.11 Å². The first-order valence-corrected chi connectivity index (χ1v) is 7.47. The molecule has 0 saturated carbocycles. The quantitative estimate of drug-likeness (QED) is 0.780. The maximum absolute atomic E-state index is 9.56. The molecule has 2 aromatic rings. The fraction of sp³-hybridized carbons (Fsp3) is 0.250. The van der Waals surface area contributed by atoms with Crippen molar-refractivity contribution in [2.45, 2.75) is 26.9 Å². The molecule has 1 unspecified atom stereocenters. The molecule has 0 spiro atoms. The summed E-state index contributed by atoms with van der Waals surface area (Å²) < 4.78 is 6.91. The molecule has 0 amide bonds. The lowest BCUT2D eigenvalue weighted by atomic mass is 10.1. The highest BCUT2D eigenvalue weighted by atomic mass is 79.9. The Labute approximate surface area is 132 Å². The summed E-state index contributed by atoms with van der Waals surface area (Å²) in [5, 5.41) is 10.1. The number of halogens is 2. The lowest BCUT2D eigenvalue weighted by Crippen LogP contribution is -1.93. The first kappa shape index (κ1) is 15.4. The van der Waals surface area contributed by atoms with Gasteiger partial charge in [-0.25, -0.2) is 0 Å². The van der Waals surface area contributed by atoms with Crippen LogP contribution in [0, 0.1) is 13.8 Å². The molecule has 0 aliphatic carbocycles. The summed E-state index contributed by atoms with van der Waals surface area (Å²) in [6, 6.07) is 9.24. The molecule has 20 heavy (non-hydrogen) atoms. The third kappa shape index (κ3) is 3.35. The fourth-order valence-corrected chi connectivity index (χ4v) is 2.57. The van der Waals surface area contributed by atoms with Crippen LogP contribution in [-0.2, 0) is 0 Å². The van der Waals surface area contributed by atoms with E-state index >= 15 is 0 Å². The smallest absolute Gasteiger partial charge is 0.128 e. The molecule has 1 atom stereocenters. The second-order valence-electron chi connectivity index (χ2n) is 4.83. The molecule has 2 rings (SSSR count). The van der Waals surface area contributed by atoms with Gasteiger partial charge in [0, 0.05) is 4.47 Å². The van der Waals surface area contributed by atoms with Gasteiger partial charge in [0.25, 0.3) is 0 Å². The highest BCUT2D eigenvalue weighted by Crippen LogP contribution is 2.32. The first-order chi connectivity index (χ1) is 9.38. The topological polar surface area (TPSA) is 29.5 Å². The number of aryl methyl sites for hydroxylation is 2. The number of aliphatic hydroxyl groups is 1. The van der Waals surface area contributed by atoms with Gasteiger partial charge in [-0.2, -0.15) is 0 Å². The van der Waals surface area contributed by atoms with Crippen molar-refractivity contribution in [2.24, 2.45) is 0 Å². The average Bonchev–Trinajstić information content (AvgIpc) is 2.35. The highest BCUT2D eigenvalue weighted by Gasteiger charge is 2.09. The van der Waals surface area contributed by atoms with Crippen LogP contribution in [0.2, 0.25) is 5.02 Å². The van der Waals surface area contributed by atoms with Crippen LogP contribution < -0.4 is 4.74 Å². The summed E-state index contributed by atoms with van der Waals surface area (Å²) in [5.41, 5.74) is 2.93. The number of ether oxygens (including phenoxy) is 1. The van der Waals surface area contributed by atoms with Crippen molar-refractivity contribution >= 4 is 27.5 Å². The van der Waals surface area contributed by atoms with Crippen molar-refractivity contribution in [3.8, 4) is 11.5 Å². The van der Waals surface area contributed by atoms with Crippen LogP contribution in [0.25, 0.3) is 0 Å².